The normalized spacial score (nSPS) is 12.1. The van der Waals surface area contributed by atoms with Crippen LogP contribution in [0.1, 0.15) is 25.3 Å². The van der Waals surface area contributed by atoms with Gasteiger partial charge < -0.3 is 9.64 Å². The van der Waals surface area contributed by atoms with Crippen molar-refractivity contribution < 1.29 is 14.3 Å². The molecule has 0 saturated heterocycles. The molecule has 0 radical (unpaired) electrons. The van der Waals surface area contributed by atoms with Gasteiger partial charge in [-0.15, -0.1) is 23.7 Å². The molecule has 31 heavy (non-hydrogen) atoms. The van der Waals surface area contributed by atoms with Crippen molar-refractivity contribution in [1.82, 2.24) is 4.98 Å². The molecule has 2 heterocycles. The third kappa shape index (κ3) is 5.42. The van der Waals surface area contributed by atoms with E-state index in [2.05, 4.69) is 16.4 Å². The van der Waals surface area contributed by atoms with Crippen LogP contribution in [-0.4, -0.2) is 29.9 Å². The van der Waals surface area contributed by atoms with Gasteiger partial charge in [0, 0.05) is 29.6 Å². The van der Waals surface area contributed by atoms with Crippen LogP contribution in [-0.2, 0) is 16.0 Å². The number of carbonyl (C=O) groups is 2. The maximum absolute atomic E-state index is 12.3. The number of aromatic nitrogens is 1. The van der Waals surface area contributed by atoms with Gasteiger partial charge in [-0.05, 0) is 42.7 Å². The summed E-state index contributed by atoms with van der Waals surface area (Å²) in [5.74, 6) is 0.580. The number of fused-ring (bicyclic) bond motifs is 1. The highest BCUT2D eigenvalue weighted by molar-refractivity contribution is 7.14. The second-order valence-corrected chi connectivity index (χ2v) is 7.93. The van der Waals surface area contributed by atoms with Gasteiger partial charge in [-0.1, -0.05) is 31.2 Å². The second-order valence-electron chi connectivity index (χ2n) is 7.08. The first-order chi connectivity index (χ1) is 14.6. The van der Waals surface area contributed by atoms with Crippen LogP contribution >= 0.6 is 23.7 Å². The fraction of sp³-hybridized carbons (Fsp3) is 0.261. The van der Waals surface area contributed by atoms with E-state index in [9.17, 15) is 9.59 Å². The molecule has 1 aliphatic rings. The van der Waals surface area contributed by atoms with Crippen LogP contribution in [0.3, 0.4) is 0 Å². The summed E-state index contributed by atoms with van der Waals surface area (Å²) in [6, 6.07) is 15.3. The number of thiazole rings is 1. The topological polar surface area (TPSA) is 71.5 Å². The molecule has 0 spiro atoms. The molecule has 0 fully saturated rings. The molecule has 162 valence electrons. The zero-order chi connectivity index (χ0) is 20.9. The van der Waals surface area contributed by atoms with E-state index < -0.39 is 0 Å². The van der Waals surface area contributed by atoms with Gasteiger partial charge in [0.05, 0.1) is 5.69 Å². The number of nitrogens with one attached hydrogen (secondary N) is 1. The number of hydrogen-bond acceptors (Lipinski definition) is 5. The van der Waals surface area contributed by atoms with Crippen molar-refractivity contribution in [3.05, 3.63) is 59.5 Å². The number of nitrogens with zero attached hydrogens (tertiary/aromatic N) is 2. The Morgan fingerprint density at radius 2 is 2.00 bits per heavy atom. The van der Waals surface area contributed by atoms with E-state index in [1.54, 1.807) is 12.1 Å². The number of amides is 2. The highest BCUT2D eigenvalue weighted by atomic mass is 35.5. The average molecular weight is 458 g/mol. The lowest BCUT2D eigenvalue weighted by Crippen LogP contribution is -2.28. The number of rotatable bonds is 7. The maximum Gasteiger partial charge on any atom is 0.264 e. The van der Waals surface area contributed by atoms with Gasteiger partial charge in [0.1, 0.15) is 5.75 Å². The molecule has 3 aromatic rings. The summed E-state index contributed by atoms with van der Waals surface area (Å²) in [6.45, 7) is 2.68. The van der Waals surface area contributed by atoms with Gasteiger partial charge in [-0.3, -0.25) is 14.9 Å². The molecule has 2 aromatic carbocycles. The molecule has 1 aliphatic heterocycles. The first-order valence-corrected chi connectivity index (χ1v) is 10.9. The Hall–Kier alpha value is -2.90. The van der Waals surface area contributed by atoms with E-state index in [1.807, 2.05) is 47.5 Å². The Bertz CT molecular complexity index is 1060. The van der Waals surface area contributed by atoms with E-state index in [0.717, 1.165) is 41.9 Å². The third-order valence-electron chi connectivity index (χ3n) is 4.90. The molecule has 0 saturated carbocycles. The molecule has 0 bridgehead atoms. The number of ether oxygens (including phenoxy) is 1. The van der Waals surface area contributed by atoms with Gasteiger partial charge >= 0.3 is 0 Å². The van der Waals surface area contributed by atoms with Crippen LogP contribution in [0.15, 0.2) is 53.9 Å². The number of carbonyl (C=O) groups excluding carboxylic acids is 2. The summed E-state index contributed by atoms with van der Waals surface area (Å²) in [4.78, 5) is 30.8. The Labute approximate surface area is 191 Å². The molecule has 0 unspecified atom stereocenters. The maximum atomic E-state index is 12.3. The zero-order valence-electron chi connectivity index (χ0n) is 17.2. The molecular formula is C23H24ClN3O3S. The molecule has 1 aromatic heterocycles. The Morgan fingerprint density at radius 1 is 1.19 bits per heavy atom. The monoisotopic (exact) mass is 457 g/mol. The van der Waals surface area contributed by atoms with Crippen molar-refractivity contribution in [1.29, 1.82) is 0 Å². The lowest BCUT2D eigenvalue weighted by Gasteiger charge is -2.17. The van der Waals surface area contributed by atoms with E-state index in [4.69, 9.17) is 4.74 Å². The van der Waals surface area contributed by atoms with Crippen molar-refractivity contribution in [2.75, 3.05) is 23.4 Å². The lowest BCUT2D eigenvalue weighted by molar-refractivity contribution is -0.119. The summed E-state index contributed by atoms with van der Waals surface area (Å²) in [6.07, 6.45) is 2.28. The molecular weight excluding hydrogens is 434 g/mol. The molecule has 6 nitrogen and oxygen atoms in total. The smallest absolute Gasteiger partial charge is 0.264 e. The fourth-order valence-corrected chi connectivity index (χ4v) is 4.19. The average Bonchev–Trinajstić information content (AvgIpc) is 3.40. The number of benzene rings is 2. The minimum Gasteiger partial charge on any atom is -0.484 e. The van der Waals surface area contributed by atoms with Crippen LogP contribution in [0.4, 0.5) is 10.8 Å². The summed E-state index contributed by atoms with van der Waals surface area (Å²) in [5.41, 5.74) is 3.95. The summed E-state index contributed by atoms with van der Waals surface area (Å²) < 4.78 is 5.46. The van der Waals surface area contributed by atoms with Crippen molar-refractivity contribution in [3.8, 4) is 17.0 Å². The van der Waals surface area contributed by atoms with E-state index >= 15 is 0 Å². The highest BCUT2D eigenvalue weighted by Gasteiger charge is 2.24. The summed E-state index contributed by atoms with van der Waals surface area (Å²) in [7, 11) is 0. The third-order valence-corrected chi connectivity index (χ3v) is 5.66. The quantitative estimate of drug-likeness (QED) is 0.545. The highest BCUT2D eigenvalue weighted by Crippen LogP contribution is 2.33. The first kappa shape index (κ1) is 22.8. The van der Waals surface area contributed by atoms with E-state index in [1.165, 1.54) is 11.3 Å². The van der Waals surface area contributed by atoms with Crippen molar-refractivity contribution >= 4 is 46.4 Å². The number of hydrogen-bond donors (Lipinski definition) is 1. The number of anilines is 2. The predicted molar refractivity (Wildman–Crippen MR) is 126 cm³/mol. The lowest BCUT2D eigenvalue weighted by atomic mass is 10.1. The van der Waals surface area contributed by atoms with Gasteiger partial charge in [0.15, 0.2) is 11.7 Å². The molecule has 0 atom stereocenters. The van der Waals surface area contributed by atoms with Crippen LogP contribution in [0, 0.1) is 0 Å². The fourth-order valence-electron chi connectivity index (χ4n) is 3.45. The van der Waals surface area contributed by atoms with Crippen LogP contribution in [0.25, 0.3) is 11.3 Å². The standard InChI is InChI=1S/C23H23N3O3S.ClH/c1-2-6-22(28)26-12-11-17-13-16(9-10-20(17)26)19-15-30-23(24-19)25-21(27)14-29-18-7-4-3-5-8-18;/h3-5,7-10,13,15H,2,6,11-12,14H2,1H3,(H,24,25,27);1H. The molecule has 0 aliphatic carbocycles. The van der Waals surface area contributed by atoms with E-state index in [-0.39, 0.29) is 30.8 Å². The van der Waals surface area contributed by atoms with Gasteiger partial charge in [0.25, 0.3) is 5.91 Å². The van der Waals surface area contributed by atoms with Crippen molar-refractivity contribution in [3.63, 3.8) is 0 Å². The summed E-state index contributed by atoms with van der Waals surface area (Å²) in [5, 5.41) is 5.24. The molecule has 4 rings (SSSR count). The minimum absolute atomic E-state index is 0. The Balaban J connectivity index is 0.00000272. The number of para-hydroxylation sites is 1. The number of halogens is 1. The summed E-state index contributed by atoms with van der Waals surface area (Å²) >= 11 is 1.38. The van der Waals surface area contributed by atoms with Crippen LogP contribution in [0.5, 0.6) is 5.75 Å². The largest absolute Gasteiger partial charge is 0.484 e. The molecule has 8 heteroatoms. The Morgan fingerprint density at radius 3 is 2.77 bits per heavy atom. The molecule has 2 amide bonds. The second kappa shape index (κ2) is 10.4. The van der Waals surface area contributed by atoms with Gasteiger partial charge in [-0.25, -0.2) is 4.98 Å². The first-order valence-electron chi connectivity index (χ1n) is 10.0. The van der Waals surface area contributed by atoms with Gasteiger partial charge in [-0.2, -0.15) is 0 Å². The predicted octanol–water partition coefficient (Wildman–Crippen LogP) is 4.94. The van der Waals surface area contributed by atoms with E-state index in [0.29, 0.717) is 17.3 Å². The van der Waals surface area contributed by atoms with Crippen LogP contribution in [0.2, 0.25) is 0 Å². The molecule has 1 N–H and O–H groups in total. The Kier molecular flexibility index (Phi) is 7.65. The van der Waals surface area contributed by atoms with Crippen molar-refractivity contribution in [2.24, 2.45) is 0 Å². The zero-order valence-corrected chi connectivity index (χ0v) is 18.8. The van der Waals surface area contributed by atoms with Crippen LogP contribution < -0.4 is 15.0 Å². The van der Waals surface area contributed by atoms with Crippen molar-refractivity contribution in [2.45, 2.75) is 26.2 Å². The SMILES string of the molecule is CCCC(=O)N1CCc2cc(-c3csc(NC(=O)COc4ccccc4)n3)ccc21.Cl. The minimum atomic E-state index is -0.251. The van der Waals surface area contributed by atoms with Gasteiger partial charge in [0.2, 0.25) is 5.91 Å².